The minimum atomic E-state index is -0.354. The molecule has 132 valence electrons. The van der Waals surface area contributed by atoms with Gasteiger partial charge in [0.1, 0.15) is 17.3 Å². The summed E-state index contributed by atoms with van der Waals surface area (Å²) in [5.41, 5.74) is 0. The van der Waals surface area contributed by atoms with Crippen LogP contribution in [-0.2, 0) is 0 Å². The predicted molar refractivity (Wildman–Crippen MR) is 95.2 cm³/mol. The van der Waals surface area contributed by atoms with Gasteiger partial charge in [-0.15, -0.1) is 11.8 Å². The Balaban J connectivity index is 1.25. The number of benzene rings is 1. The van der Waals surface area contributed by atoms with E-state index in [1.807, 2.05) is 12.1 Å². The quantitative estimate of drug-likeness (QED) is 0.823. The number of halogens is 1. The number of hydrogen-bond acceptors (Lipinski definition) is 5. The summed E-state index contributed by atoms with van der Waals surface area (Å²) in [6.07, 6.45) is 5.01. The molecule has 4 rings (SSSR count). The Bertz CT molecular complexity index is 714. The Morgan fingerprint density at radius 1 is 1.16 bits per heavy atom. The van der Waals surface area contributed by atoms with Crippen LogP contribution in [0.25, 0.3) is 0 Å². The fraction of sp³-hybridized carbons (Fsp3) is 0.421. The van der Waals surface area contributed by atoms with E-state index in [1.54, 1.807) is 30.1 Å². The molecular weight excluding hydrogens is 339 g/mol. The van der Waals surface area contributed by atoms with Crippen molar-refractivity contribution in [2.45, 2.75) is 23.8 Å². The van der Waals surface area contributed by atoms with Gasteiger partial charge in [-0.2, -0.15) is 0 Å². The molecule has 6 heteroatoms. The van der Waals surface area contributed by atoms with Crippen LogP contribution in [0.1, 0.15) is 12.8 Å². The minimum Gasteiger partial charge on any atom is -0.508 e. The molecule has 2 heterocycles. The van der Waals surface area contributed by atoms with Crippen LogP contribution in [-0.4, -0.2) is 40.1 Å². The fourth-order valence-electron chi connectivity index (χ4n) is 3.90. The fourth-order valence-corrected chi connectivity index (χ4v) is 4.77. The van der Waals surface area contributed by atoms with Gasteiger partial charge in [-0.3, -0.25) is 9.88 Å². The first-order valence-corrected chi connectivity index (χ1v) is 9.55. The van der Waals surface area contributed by atoms with Crippen molar-refractivity contribution in [3.8, 4) is 11.5 Å². The van der Waals surface area contributed by atoms with E-state index in [-0.39, 0.29) is 11.9 Å². The lowest BCUT2D eigenvalue weighted by Gasteiger charge is -2.19. The molecule has 1 aromatic carbocycles. The van der Waals surface area contributed by atoms with Crippen molar-refractivity contribution < 1.29 is 14.2 Å². The molecule has 0 bridgehead atoms. The van der Waals surface area contributed by atoms with Crippen LogP contribution in [0, 0.1) is 17.7 Å². The Labute approximate surface area is 151 Å². The molecule has 0 radical (unpaired) electrons. The van der Waals surface area contributed by atoms with Crippen molar-refractivity contribution in [3.63, 3.8) is 0 Å². The van der Waals surface area contributed by atoms with Gasteiger partial charge in [0.2, 0.25) is 0 Å². The average molecular weight is 360 g/mol. The molecule has 0 spiro atoms. The highest BCUT2D eigenvalue weighted by atomic mass is 32.2. The van der Waals surface area contributed by atoms with Crippen molar-refractivity contribution in [1.29, 1.82) is 0 Å². The van der Waals surface area contributed by atoms with Gasteiger partial charge in [0, 0.05) is 29.9 Å². The predicted octanol–water partition coefficient (Wildman–Crippen LogP) is 3.77. The molecule has 3 atom stereocenters. The third-order valence-corrected chi connectivity index (χ3v) is 6.12. The summed E-state index contributed by atoms with van der Waals surface area (Å²) in [6.45, 7) is 2.19. The molecule has 1 aliphatic carbocycles. The zero-order chi connectivity index (χ0) is 17.2. The number of phenolic OH excluding ortho intramolecular Hbond substituents is 1. The summed E-state index contributed by atoms with van der Waals surface area (Å²) >= 11 is 1.80. The lowest BCUT2D eigenvalue weighted by atomic mass is 10.0. The number of ether oxygens (including phenoxy) is 1. The lowest BCUT2D eigenvalue weighted by molar-refractivity contribution is 0.188. The van der Waals surface area contributed by atoms with Gasteiger partial charge < -0.3 is 9.84 Å². The number of fused-ring (bicyclic) bond motifs is 1. The molecular formula is C19H21FN2O2S. The van der Waals surface area contributed by atoms with E-state index in [2.05, 4.69) is 9.88 Å². The molecule has 2 aliphatic rings. The standard InChI is InChI=1S/C19H21FN2O2S/c20-15-7-18(9-21-8-15)24-17-5-13-10-22(11-14(13)6-17)12-25-19-3-1-16(23)2-4-19/h1-4,7-9,13-14,17,23H,5-6,10-12H2/t13-,14+,17?. The van der Waals surface area contributed by atoms with E-state index in [0.717, 1.165) is 31.8 Å². The SMILES string of the molecule is Oc1ccc(SCN2C[C@H]3CC(Oc4cncc(F)c4)C[C@H]3C2)cc1. The molecule has 1 saturated heterocycles. The summed E-state index contributed by atoms with van der Waals surface area (Å²) < 4.78 is 19.1. The van der Waals surface area contributed by atoms with Gasteiger partial charge in [-0.25, -0.2) is 4.39 Å². The lowest BCUT2D eigenvalue weighted by Crippen LogP contribution is -2.24. The second-order valence-corrected chi connectivity index (χ2v) is 7.89. The zero-order valence-corrected chi connectivity index (χ0v) is 14.7. The molecule has 2 aromatic rings. The average Bonchev–Trinajstić information content (AvgIpc) is 3.12. The van der Waals surface area contributed by atoms with Crippen molar-refractivity contribution in [3.05, 3.63) is 48.5 Å². The van der Waals surface area contributed by atoms with Crippen LogP contribution in [0.2, 0.25) is 0 Å². The van der Waals surface area contributed by atoms with Crippen LogP contribution in [0.3, 0.4) is 0 Å². The first kappa shape index (κ1) is 16.7. The maximum atomic E-state index is 13.2. The van der Waals surface area contributed by atoms with Crippen molar-refractivity contribution >= 4 is 11.8 Å². The van der Waals surface area contributed by atoms with Gasteiger partial charge in [-0.05, 0) is 48.9 Å². The molecule has 1 saturated carbocycles. The molecule has 1 unspecified atom stereocenters. The van der Waals surface area contributed by atoms with Crippen molar-refractivity contribution in [1.82, 2.24) is 9.88 Å². The smallest absolute Gasteiger partial charge is 0.145 e. The Morgan fingerprint density at radius 2 is 1.88 bits per heavy atom. The van der Waals surface area contributed by atoms with E-state index >= 15 is 0 Å². The molecule has 0 amide bonds. The van der Waals surface area contributed by atoms with Crippen LogP contribution in [0.5, 0.6) is 11.5 Å². The number of hydrogen-bond donors (Lipinski definition) is 1. The van der Waals surface area contributed by atoms with Gasteiger partial charge >= 0.3 is 0 Å². The Morgan fingerprint density at radius 3 is 2.56 bits per heavy atom. The van der Waals surface area contributed by atoms with Gasteiger partial charge in [0.05, 0.1) is 18.5 Å². The molecule has 2 fully saturated rings. The number of thioether (sulfide) groups is 1. The minimum absolute atomic E-state index is 0.172. The van der Waals surface area contributed by atoms with Gasteiger partial charge in [-0.1, -0.05) is 0 Å². The number of pyridine rings is 1. The number of aromatic nitrogens is 1. The van der Waals surface area contributed by atoms with Crippen LogP contribution >= 0.6 is 11.8 Å². The summed E-state index contributed by atoms with van der Waals surface area (Å²) in [5.74, 6) is 2.77. The molecule has 1 aromatic heterocycles. The van der Waals surface area contributed by atoms with Crippen molar-refractivity contribution in [2.75, 3.05) is 19.0 Å². The summed E-state index contributed by atoms with van der Waals surface area (Å²) in [7, 11) is 0. The van der Waals surface area contributed by atoms with Crippen LogP contribution in [0.4, 0.5) is 4.39 Å². The largest absolute Gasteiger partial charge is 0.508 e. The number of nitrogens with zero attached hydrogens (tertiary/aromatic N) is 2. The van der Waals surface area contributed by atoms with E-state index in [1.165, 1.54) is 17.2 Å². The number of phenols is 1. The van der Waals surface area contributed by atoms with E-state index < -0.39 is 0 Å². The number of rotatable bonds is 5. The summed E-state index contributed by atoms with van der Waals surface area (Å²) in [4.78, 5) is 7.51. The van der Waals surface area contributed by atoms with E-state index in [9.17, 15) is 9.50 Å². The summed E-state index contributed by atoms with van der Waals surface area (Å²) in [6, 6.07) is 8.76. The van der Waals surface area contributed by atoms with Gasteiger partial charge in [0.25, 0.3) is 0 Å². The third-order valence-electron chi connectivity index (χ3n) is 5.02. The summed E-state index contributed by atoms with van der Waals surface area (Å²) in [5, 5.41) is 9.33. The molecule has 1 N–H and O–H groups in total. The first-order chi connectivity index (χ1) is 12.2. The highest BCUT2D eigenvalue weighted by Gasteiger charge is 2.41. The molecule has 4 nitrogen and oxygen atoms in total. The second-order valence-electron chi connectivity index (χ2n) is 6.87. The number of likely N-dealkylation sites (tertiary alicyclic amines) is 1. The highest BCUT2D eigenvalue weighted by molar-refractivity contribution is 7.99. The molecule has 25 heavy (non-hydrogen) atoms. The normalized spacial score (nSPS) is 25.9. The Kier molecular flexibility index (Phi) is 4.81. The maximum absolute atomic E-state index is 13.2. The zero-order valence-electron chi connectivity index (χ0n) is 13.8. The monoisotopic (exact) mass is 360 g/mol. The highest BCUT2D eigenvalue weighted by Crippen LogP contribution is 2.40. The van der Waals surface area contributed by atoms with Crippen LogP contribution in [0.15, 0.2) is 47.6 Å². The van der Waals surface area contributed by atoms with Crippen LogP contribution < -0.4 is 4.74 Å². The number of aromatic hydroxyl groups is 1. The maximum Gasteiger partial charge on any atom is 0.145 e. The van der Waals surface area contributed by atoms with Crippen molar-refractivity contribution in [2.24, 2.45) is 11.8 Å². The second kappa shape index (κ2) is 7.22. The Hall–Kier alpha value is -1.79. The topological polar surface area (TPSA) is 45.6 Å². The third kappa shape index (κ3) is 4.07. The molecule has 1 aliphatic heterocycles. The van der Waals surface area contributed by atoms with Gasteiger partial charge in [0.15, 0.2) is 0 Å². The van der Waals surface area contributed by atoms with E-state index in [4.69, 9.17) is 4.74 Å². The first-order valence-electron chi connectivity index (χ1n) is 8.57. The van der Waals surface area contributed by atoms with E-state index in [0.29, 0.717) is 23.3 Å².